The van der Waals surface area contributed by atoms with Gasteiger partial charge in [0.2, 0.25) is 5.89 Å². The molecule has 1 aliphatic rings. The summed E-state index contributed by atoms with van der Waals surface area (Å²) in [6.45, 7) is 2.24. The van der Waals surface area contributed by atoms with Crippen LogP contribution in [0.1, 0.15) is 63.7 Å². The van der Waals surface area contributed by atoms with Gasteiger partial charge in [0, 0.05) is 5.92 Å². The lowest BCUT2D eigenvalue weighted by atomic mass is 9.80. The molecule has 6 heteroatoms. The molecule has 0 aliphatic heterocycles. The Kier molecular flexibility index (Phi) is 5.88. The van der Waals surface area contributed by atoms with E-state index in [0.29, 0.717) is 17.0 Å². The quantitative estimate of drug-likeness (QED) is 0.773. The predicted molar refractivity (Wildman–Crippen MR) is 76.9 cm³/mol. The maximum absolute atomic E-state index is 10.5. The van der Waals surface area contributed by atoms with E-state index in [2.05, 4.69) is 17.1 Å². The molecule has 0 atom stereocenters. The summed E-state index contributed by atoms with van der Waals surface area (Å²) in [4.78, 5) is 10.5. The van der Waals surface area contributed by atoms with Crippen molar-refractivity contribution < 1.29 is 14.3 Å². The highest BCUT2D eigenvalue weighted by Crippen LogP contribution is 2.37. The van der Waals surface area contributed by atoms with E-state index in [4.69, 9.17) is 9.52 Å². The minimum atomic E-state index is -0.869. The van der Waals surface area contributed by atoms with Crippen molar-refractivity contribution in [3.63, 3.8) is 0 Å². The Labute approximate surface area is 123 Å². The van der Waals surface area contributed by atoms with Gasteiger partial charge < -0.3 is 9.52 Å². The van der Waals surface area contributed by atoms with E-state index >= 15 is 0 Å². The molecule has 0 bridgehead atoms. The van der Waals surface area contributed by atoms with Crippen LogP contribution in [0.25, 0.3) is 0 Å². The molecule has 1 heterocycles. The number of carboxylic acid groups (broad SMARTS) is 1. The molecule has 112 valence electrons. The smallest absolute Gasteiger partial charge is 0.314 e. The summed E-state index contributed by atoms with van der Waals surface area (Å²) in [6.07, 6.45) is 8.64. The van der Waals surface area contributed by atoms with Gasteiger partial charge in [0.1, 0.15) is 5.75 Å². The molecular formula is C14H22N2O3S. The molecule has 1 aliphatic carbocycles. The number of nitrogens with zero attached hydrogens (tertiary/aromatic N) is 2. The second-order valence-electron chi connectivity index (χ2n) is 5.45. The van der Waals surface area contributed by atoms with Crippen LogP contribution in [-0.4, -0.2) is 27.0 Å². The zero-order chi connectivity index (χ0) is 14.4. The molecule has 20 heavy (non-hydrogen) atoms. The second-order valence-corrected chi connectivity index (χ2v) is 6.38. The average molecular weight is 298 g/mol. The van der Waals surface area contributed by atoms with Gasteiger partial charge in [-0.3, -0.25) is 4.79 Å². The summed E-state index contributed by atoms with van der Waals surface area (Å²) in [5.74, 6) is 0.998. The number of hydrogen-bond donors (Lipinski definition) is 1. The summed E-state index contributed by atoms with van der Waals surface area (Å²) in [7, 11) is 0. The molecule has 0 aromatic carbocycles. The molecule has 0 amide bonds. The van der Waals surface area contributed by atoms with Crippen molar-refractivity contribution >= 4 is 17.7 Å². The van der Waals surface area contributed by atoms with Gasteiger partial charge in [-0.15, -0.1) is 10.2 Å². The number of carbonyl (C=O) groups is 1. The van der Waals surface area contributed by atoms with Crippen LogP contribution in [-0.2, 0) is 4.79 Å². The van der Waals surface area contributed by atoms with E-state index in [1.165, 1.54) is 32.1 Å². The fourth-order valence-electron chi connectivity index (χ4n) is 2.76. The van der Waals surface area contributed by atoms with E-state index < -0.39 is 5.97 Å². The Balaban J connectivity index is 1.80. The third-order valence-corrected chi connectivity index (χ3v) is 4.71. The topological polar surface area (TPSA) is 76.2 Å². The average Bonchev–Trinajstić information content (AvgIpc) is 2.92. The highest BCUT2D eigenvalue weighted by molar-refractivity contribution is 7.99. The van der Waals surface area contributed by atoms with Gasteiger partial charge >= 0.3 is 5.97 Å². The van der Waals surface area contributed by atoms with Crippen LogP contribution >= 0.6 is 11.8 Å². The van der Waals surface area contributed by atoms with Crippen molar-refractivity contribution in [3.8, 4) is 0 Å². The van der Waals surface area contributed by atoms with Crippen molar-refractivity contribution in [3.05, 3.63) is 5.89 Å². The van der Waals surface area contributed by atoms with Crippen LogP contribution in [0.15, 0.2) is 9.64 Å². The lowest BCUT2D eigenvalue weighted by molar-refractivity contribution is -0.133. The van der Waals surface area contributed by atoms with Gasteiger partial charge in [-0.1, -0.05) is 37.9 Å². The summed E-state index contributed by atoms with van der Waals surface area (Å²) < 4.78 is 5.57. The largest absolute Gasteiger partial charge is 0.481 e. The Morgan fingerprint density at radius 3 is 2.75 bits per heavy atom. The molecule has 2 rings (SSSR count). The fourth-order valence-corrected chi connectivity index (χ4v) is 3.25. The van der Waals surface area contributed by atoms with Crippen LogP contribution < -0.4 is 0 Å². The SMILES string of the molecule is CCCCC1CCC(c2nnc(SCC(=O)O)o2)CC1. The normalized spacial score (nSPS) is 22.9. The molecule has 0 radical (unpaired) electrons. The second kappa shape index (κ2) is 7.67. The zero-order valence-electron chi connectivity index (χ0n) is 11.9. The lowest BCUT2D eigenvalue weighted by Crippen LogP contribution is -2.13. The number of thioether (sulfide) groups is 1. The highest BCUT2D eigenvalue weighted by atomic mass is 32.2. The fraction of sp³-hybridized carbons (Fsp3) is 0.786. The first kappa shape index (κ1) is 15.4. The van der Waals surface area contributed by atoms with Gasteiger partial charge in [-0.2, -0.15) is 0 Å². The van der Waals surface area contributed by atoms with E-state index in [1.807, 2.05) is 0 Å². The first-order valence-corrected chi connectivity index (χ1v) is 8.35. The number of rotatable bonds is 7. The van der Waals surface area contributed by atoms with Crippen molar-refractivity contribution in [2.45, 2.75) is 63.0 Å². The molecule has 1 fully saturated rings. The number of carboxylic acids is 1. The number of aromatic nitrogens is 2. The summed E-state index contributed by atoms with van der Waals surface area (Å²) in [5.41, 5.74) is 0. The highest BCUT2D eigenvalue weighted by Gasteiger charge is 2.26. The van der Waals surface area contributed by atoms with Crippen LogP contribution in [0, 0.1) is 5.92 Å². The molecule has 0 unspecified atom stereocenters. The maximum Gasteiger partial charge on any atom is 0.314 e. The summed E-state index contributed by atoms with van der Waals surface area (Å²) in [5, 5.41) is 17.0. The Morgan fingerprint density at radius 2 is 2.10 bits per heavy atom. The zero-order valence-corrected chi connectivity index (χ0v) is 12.7. The van der Waals surface area contributed by atoms with Crippen molar-refractivity contribution in [2.75, 3.05) is 5.75 Å². The van der Waals surface area contributed by atoms with Crippen LogP contribution in [0.3, 0.4) is 0 Å². The van der Waals surface area contributed by atoms with Gasteiger partial charge in [0.05, 0.1) is 0 Å². The first-order valence-electron chi connectivity index (χ1n) is 7.37. The Morgan fingerprint density at radius 1 is 1.35 bits per heavy atom. The van der Waals surface area contributed by atoms with Gasteiger partial charge in [0.15, 0.2) is 0 Å². The molecule has 1 N–H and O–H groups in total. The Bertz CT molecular complexity index is 428. The standard InChI is InChI=1S/C14H22N2O3S/c1-2-3-4-10-5-7-11(8-6-10)13-15-16-14(19-13)20-9-12(17)18/h10-11H,2-9H2,1H3,(H,17,18). The number of hydrogen-bond acceptors (Lipinski definition) is 5. The van der Waals surface area contributed by atoms with E-state index in [0.717, 1.165) is 30.5 Å². The summed E-state index contributed by atoms with van der Waals surface area (Å²) in [6, 6.07) is 0. The van der Waals surface area contributed by atoms with Gasteiger partial charge in [0.25, 0.3) is 5.22 Å². The third-order valence-electron chi connectivity index (χ3n) is 3.90. The minimum absolute atomic E-state index is 0.0363. The van der Waals surface area contributed by atoms with Crippen molar-refractivity contribution in [1.29, 1.82) is 0 Å². The molecule has 0 spiro atoms. The Hall–Kier alpha value is -1.04. The van der Waals surface area contributed by atoms with Crippen LogP contribution in [0.2, 0.25) is 0 Å². The van der Waals surface area contributed by atoms with E-state index in [1.54, 1.807) is 0 Å². The summed E-state index contributed by atoms with van der Waals surface area (Å²) >= 11 is 1.09. The van der Waals surface area contributed by atoms with Crippen LogP contribution in [0.5, 0.6) is 0 Å². The van der Waals surface area contributed by atoms with Crippen LogP contribution in [0.4, 0.5) is 0 Å². The number of aliphatic carboxylic acids is 1. The first-order chi connectivity index (χ1) is 9.69. The lowest BCUT2D eigenvalue weighted by Gasteiger charge is -2.26. The monoisotopic (exact) mass is 298 g/mol. The molecule has 5 nitrogen and oxygen atoms in total. The molecule has 1 aromatic heterocycles. The van der Waals surface area contributed by atoms with Gasteiger partial charge in [-0.05, 0) is 31.6 Å². The molecular weight excluding hydrogens is 276 g/mol. The molecule has 1 saturated carbocycles. The molecule has 0 saturated heterocycles. The number of unbranched alkanes of at least 4 members (excludes halogenated alkanes) is 1. The van der Waals surface area contributed by atoms with Crippen molar-refractivity contribution in [2.24, 2.45) is 5.92 Å². The molecule has 1 aromatic rings. The predicted octanol–water partition coefficient (Wildman–Crippen LogP) is 3.71. The van der Waals surface area contributed by atoms with E-state index in [9.17, 15) is 4.79 Å². The van der Waals surface area contributed by atoms with E-state index in [-0.39, 0.29) is 5.75 Å². The van der Waals surface area contributed by atoms with Gasteiger partial charge in [-0.25, -0.2) is 0 Å². The third kappa shape index (κ3) is 4.51. The minimum Gasteiger partial charge on any atom is -0.481 e. The maximum atomic E-state index is 10.5. The van der Waals surface area contributed by atoms with Crippen molar-refractivity contribution in [1.82, 2.24) is 10.2 Å².